The second kappa shape index (κ2) is 37.7. The standard InChI is InChI=1S/2C29H26Cl2N6O3.C28H25Cl2N7O3/c1-5-23(38)34-18-9-6-16(7-10-18)8-11-19-15-37-27-17(14-33-29(32-2)36-27)12-20(28(37)35-19)24-25(30)21(39-3)13-22(40-4)26(24)31;1-5-25(38)36-23-9-7-16(13-33-23)6-8-18-15-37-20-11-24(32-2)34-14-17(20)10-19(29(37)35-18)26-27(30)21(39-3)12-22(40-4)28(26)31;1-5-22(38)35-21-10-15(8-9-32-21)6-7-17-14-37-26-16(13-33-28(31-2)36-26)11-18(27(37)34-17)23-24(29)19(39-3)12-20(40-4)25(23)30/h5-7,9-10,12-15H,1,8,11H2,2-4H3,(H,34,38)(H,32,33,36);5,7,9-15H,1,6,8H2,2-4H3,(H,32,34)(H,33,36,38);5,8-14H,1,6-7H2,2-4H3,(H,31,33,36)(H,32,35,38). The van der Waals surface area contributed by atoms with Crippen LogP contribution in [0.1, 0.15) is 33.8 Å². The number of benzene rings is 4. The van der Waals surface area contributed by atoms with E-state index in [-0.39, 0.29) is 17.7 Å². The Kier molecular flexibility index (Phi) is 26.6. The molecule has 0 aliphatic heterocycles. The van der Waals surface area contributed by atoms with Crippen LogP contribution in [-0.4, -0.2) is 145 Å². The van der Waals surface area contributed by atoms with Crippen LogP contribution >= 0.6 is 69.6 Å². The number of halogens is 6. The van der Waals surface area contributed by atoms with Gasteiger partial charge in [0.05, 0.1) is 95.4 Å². The monoisotopic (exact) mass is 1730 g/mol. The number of aromatic nitrogens is 13. The van der Waals surface area contributed by atoms with Crippen molar-refractivity contribution >= 4 is 172 Å². The van der Waals surface area contributed by atoms with Crippen LogP contribution in [0.15, 0.2) is 179 Å². The van der Waals surface area contributed by atoms with Gasteiger partial charge in [-0.15, -0.1) is 0 Å². The van der Waals surface area contributed by atoms with Gasteiger partial charge in [0.25, 0.3) is 0 Å². The molecule has 11 aromatic heterocycles. The summed E-state index contributed by atoms with van der Waals surface area (Å²) in [4.78, 5) is 80.8. The molecule has 120 heavy (non-hydrogen) atoms. The summed E-state index contributed by atoms with van der Waals surface area (Å²) in [5.74, 6) is 4.30. The number of pyridine rings is 6. The summed E-state index contributed by atoms with van der Waals surface area (Å²) in [6, 6.07) is 27.8. The van der Waals surface area contributed by atoms with Crippen molar-refractivity contribution in [2.75, 3.05) is 95.7 Å². The highest BCUT2D eigenvalue weighted by atomic mass is 35.5. The number of nitrogens with one attached hydrogen (secondary N) is 6. The van der Waals surface area contributed by atoms with E-state index in [1.165, 1.54) is 46.7 Å². The van der Waals surface area contributed by atoms with Gasteiger partial charge in [-0.25, -0.2) is 39.9 Å². The predicted molar refractivity (Wildman–Crippen MR) is 475 cm³/mol. The summed E-state index contributed by atoms with van der Waals surface area (Å²) in [5.41, 5.74) is 14.2. The van der Waals surface area contributed by atoms with Gasteiger partial charge in [-0.2, -0.15) is 9.97 Å². The second-order valence-corrected chi connectivity index (χ2v) is 28.8. The van der Waals surface area contributed by atoms with Crippen molar-refractivity contribution < 1.29 is 42.8 Å². The van der Waals surface area contributed by atoms with Crippen molar-refractivity contribution in [2.45, 2.75) is 38.5 Å². The van der Waals surface area contributed by atoms with E-state index in [0.717, 1.165) is 67.7 Å². The molecule has 0 saturated heterocycles. The van der Waals surface area contributed by atoms with Crippen LogP contribution in [0.25, 0.3) is 83.3 Å². The highest BCUT2D eigenvalue weighted by Crippen LogP contribution is 2.51. The smallest absolute Gasteiger partial charge is 0.248 e. The normalized spacial score (nSPS) is 11.0. The minimum atomic E-state index is -0.321. The van der Waals surface area contributed by atoms with Gasteiger partial charge in [0.1, 0.15) is 68.9 Å². The van der Waals surface area contributed by atoms with Crippen molar-refractivity contribution in [1.29, 1.82) is 0 Å². The van der Waals surface area contributed by atoms with Crippen LogP contribution < -0.4 is 60.3 Å². The third-order valence-electron chi connectivity index (χ3n) is 19.3. The largest absolute Gasteiger partial charge is 0.495 e. The number of carbonyl (C=O) groups excluding carboxylic acids is 3. The molecule has 28 nitrogen and oxygen atoms in total. The van der Waals surface area contributed by atoms with Gasteiger partial charge in [0, 0.05) is 150 Å². The summed E-state index contributed by atoms with van der Waals surface area (Å²) < 4.78 is 38.9. The first-order chi connectivity index (χ1) is 58.1. The Morgan fingerprint density at radius 1 is 0.367 bits per heavy atom. The van der Waals surface area contributed by atoms with E-state index in [9.17, 15) is 14.4 Å². The van der Waals surface area contributed by atoms with E-state index in [0.29, 0.717) is 188 Å². The van der Waals surface area contributed by atoms with Crippen molar-refractivity contribution in [3.63, 3.8) is 0 Å². The Morgan fingerprint density at radius 3 is 1.17 bits per heavy atom. The lowest BCUT2D eigenvalue weighted by molar-refractivity contribution is -0.112. The van der Waals surface area contributed by atoms with Crippen molar-refractivity contribution in [3.05, 3.63) is 242 Å². The topological polar surface area (TPSA) is 321 Å². The fourth-order valence-corrected chi connectivity index (χ4v) is 15.4. The van der Waals surface area contributed by atoms with Crippen LogP contribution in [-0.2, 0) is 52.9 Å². The van der Waals surface area contributed by atoms with Gasteiger partial charge in [0.2, 0.25) is 29.6 Å². The predicted octanol–water partition coefficient (Wildman–Crippen LogP) is 18.1. The Bertz CT molecular complexity index is 6160. The maximum Gasteiger partial charge on any atom is 0.248 e. The van der Waals surface area contributed by atoms with Gasteiger partial charge in [0.15, 0.2) is 11.3 Å². The molecular weight excluding hydrogens is 1660 g/mol. The fraction of sp³-hybridized carbons (Fsp3) is 0.174. The Labute approximate surface area is 717 Å². The summed E-state index contributed by atoms with van der Waals surface area (Å²) in [6.07, 6.45) is 22.2. The van der Waals surface area contributed by atoms with Gasteiger partial charge in [-0.3, -0.25) is 27.6 Å². The Balaban J connectivity index is 0.000000156. The van der Waals surface area contributed by atoms with E-state index >= 15 is 0 Å². The molecule has 0 atom stereocenters. The molecule has 0 bridgehead atoms. The number of imidazole rings is 3. The number of hydrogen-bond donors (Lipinski definition) is 6. The molecule has 0 unspecified atom stereocenters. The number of aryl methyl sites for hydroxylation is 6. The molecule has 612 valence electrons. The number of amides is 3. The Hall–Kier alpha value is -13.1. The number of methoxy groups -OCH3 is 6. The molecule has 3 amide bonds. The van der Waals surface area contributed by atoms with Crippen LogP contribution in [0.4, 0.5) is 35.0 Å². The first kappa shape index (κ1) is 84.8. The maximum absolute atomic E-state index is 11.7. The summed E-state index contributed by atoms with van der Waals surface area (Å²) in [6.45, 7) is 10.4. The number of rotatable bonds is 27. The summed E-state index contributed by atoms with van der Waals surface area (Å²) >= 11 is 40.8. The fourth-order valence-electron chi connectivity index (χ4n) is 13.3. The molecule has 11 heterocycles. The van der Waals surface area contributed by atoms with Gasteiger partial charge >= 0.3 is 0 Å². The van der Waals surface area contributed by atoms with Gasteiger partial charge in [-0.1, -0.05) is 108 Å². The highest BCUT2D eigenvalue weighted by molar-refractivity contribution is 6.43. The number of carbonyl (C=O) groups is 3. The summed E-state index contributed by atoms with van der Waals surface area (Å²) in [5, 5.41) is 21.6. The first-order valence-electron chi connectivity index (χ1n) is 36.9. The zero-order chi connectivity index (χ0) is 85.2. The molecule has 34 heteroatoms. The highest BCUT2D eigenvalue weighted by Gasteiger charge is 2.28. The van der Waals surface area contributed by atoms with E-state index in [4.69, 9.17) is 113 Å². The molecule has 0 radical (unpaired) electrons. The van der Waals surface area contributed by atoms with Crippen LogP contribution in [0.3, 0.4) is 0 Å². The molecule has 6 N–H and O–H groups in total. The maximum atomic E-state index is 11.7. The van der Waals surface area contributed by atoms with E-state index < -0.39 is 0 Å². The molecule has 0 aliphatic rings. The van der Waals surface area contributed by atoms with Crippen LogP contribution in [0.2, 0.25) is 30.1 Å². The third-order valence-corrected chi connectivity index (χ3v) is 21.5. The van der Waals surface area contributed by atoms with Crippen LogP contribution in [0.5, 0.6) is 34.5 Å². The van der Waals surface area contributed by atoms with Gasteiger partial charge < -0.3 is 60.3 Å². The number of hydrogen-bond acceptors (Lipinski definition) is 22. The minimum Gasteiger partial charge on any atom is -0.495 e. The number of ether oxygens (including phenoxy) is 6. The van der Waals surface area contributed by atoms with E-state index in [2.05, 4.69) is 86.5 Å². The first-order valence-corrected chi connectivity index (χ1v) is 39.2. The lowest BCUT2D eigenvalue weighted by atomic mass is 10.0. The average molecular weight is 1730 g/mol. The molecule has 15 rings (SSSR count). The molecule has 0 saturated carbocycles. The van der Waals surface area contributed by atoms with Crippen molar-refractivity contribution in [1.82, 2.24) is 63.0 Å². The van der Waals surface area contributed by atoms with Crippen molar-refractivity contribution in [2.24, 2.45) is 0 Å². The second-order valence-electron chi connectivity index (χ2n) is 26.5. The quantitative estimate of drug-likeness (QED) is 0.0261. The lowest BCUT2D eigenvalue weighted by Gasteiger charge is -2.16. The summed E-state index contributed by atoms with van der Waals surface area (Å²) in [7, 11) is 14.6. The number of anilines is 6. The Morgan fingerprint density at radius 2 is 0.750 bits per heavy atom. The van der Waals surface area contributed by atoms with Crippen molar-refractivity contribution in [3.8, 4) is 67.9 Å². The van der Waals surface area contributed by atoms with Gasteiger partial charge in [-0.05, 0) is 122 Å². The lowest BCUT2D eigenvalue weighted by Crippen LogP contribution is -2.09. The molecule has 15 aromatic rings. The molecule has 4 aromatic carbocycles. The zero-order valence-corrected chi connectivity index (χ0v) is 70.7. The van der Waals surface area contributed by atoms with Crippen LogP contribution in [0, 0.1) is 0 Å². The average Bonchev–Trinajstić information content (AvgIpc) is 1.53. The molecule has 0 spiro atoms. The zero-order valence-electron chi connectivity index (χ0n) is 66.1. The number of fused-ring (bicyclic) bond motifs is 9. The molecule has 0 aliphatic carbocycles. The van der Waals surface area contributed by atoms with E-state index in [1.807, 2.05) is 106 Å². The molecular formula is C86H77Cl6N19O9. The molecule has 0 fully saturated rings. The number of nitrogens with zero attached hydrogens (tertiary/aromatic N) is 13. The van der Waals surface area contributed by atoms with E-state index in [1.54, 1.807) is 83.6 Å². The third kappa shape index (κ3) is 18.0. The SMILES string of the molecule is C=CC(=O)Nc1cc(CCc2cn3c(n2)c(-c2c(Cl)c(OC)cc(OC)c2Cl)cc2cnc(NC)nc23)ccn1.C=CC(=O)Nc1ccc(CCc2cn3c(n2)c(-c2c(Cl)c(OC)cc(OC)c2Cl)cc2cnc(NC)cc23)cn1.C=CC(=O)Nc1ccc(CCc2cn3c(n2)c(-c2c(Cl)c(OC)cc(OC)c2Cl)cc2cnc(NC)nc23)cc1. The minimum absolute atomic E-state index is 0.250.